The molecule has 1 aromatic carbocycles. The number of hydrogen-bond acceptors (Lipinski definition) is 7. The van der Waals surface area contributed by atoms with E-state index in [9.17, 15) is 14.8 Å². The third-order valence-electron chi connectivity index (χ3n) is 5.34. The number of rotatable bonds is 8. The number of halogens is 4. The van der Waals surface area contributed by atoms with Crippen molar-refractivity contribution < 1.29 is 29.0 Å². The second kappa shape index (κ2) is 12.5. The lowest BCUT2D eigenvalue weighted by molar-refractivity contribution is -0.262. The number of hydrogen-bond donors (Lipinski definition) is 1. The molecule has 0 saturated carbocycles. The van der Waals surface area contributed by atoms with E-state index in [4.69, 9.17) is 14.2 Å². The summed E-state index contributed by atoms with van der Waals surface area (Å²) < 4.78 is 19.6. The molecule has 1 aliphatic rings. The monoisotopic (exact) mass is 911 g/mol. The fraction of sp³-hybridized carbons (Fsp3) is 0.636. The maximum absolute atomic E-state index is 12.8. The lowest BCUT2D eigenvalue weighted by Gasteiger charge is -2.51. The standard InChI is InChI=1S/C22H29I4NO6/c1-12(23)19(28)33-15(10-31-14-8-21(2,3)27(30)22(4,5)9-14)11-32-20(29)16-6-13(24)7-17(25)18(16)26/h6-7,12,14-15,30H,8-11H2,1-5H3. The van der Waals surface area contributed by atoms with E-state index in [0.717, 1.165) is 10.7 Å². The van der Waals surface area contributed by atoms with Crippen molar-refractivity contribution in [2.75, 3.05) is 13.2 Å². The third kappa shape index (κ3) is 8.50. The van der Waals surface area contributed by atoms with E-state index in [0.29, 0.717) is 18.4 Å². The van der Waals surface area contributed by atoms with Gasteiger partial charge < -0.3 is 19.4 Å². The molecule has 0 bridgehead atoms. The Morgan fingerprint density at radius 1 is 1.12 bits per heavy atom. The van der Waals surface area contributed by atoms with Crippen LogP contribution < -0.4 is 0 Å². The van der Waals surface area contributed by atoms with Crippen LogP contribution in [-0.4, -0.2) is 62.6 Å². The Labute approximate surface area is 249 Å². The molecule has 1 saturated heterocycles. The van der Waals surface area contributed by atoms with Gasteiger partial charge in [0.15, 0.2) is 6.10 Å². The average Bonchev–Trinajstić information content (AvgIpc) is 2.69. The minimum atomic E-state index is -0.725. The van der Waals surface area contributed by atoms with E-state index in [1.165, 1.54) is 5.06 Å². The SMILES string of the molecule is CC(I)C(=O)OC(COC(=O)c1cc(I)cc(I)c1I)COC1CC(C)(C)N(O)C(C)(C)C1. The summed E-state index contributed by atoms with van der Waals surface area (Å²) in [7, 11) is 0. The summed E-state index contributed by atoms with van der Waals surface area (Å²) in [4.78, 5) is 25.0. The van der Waals surface area contributed by atoms with Crippen molar-refractivity contribution in [2.24, 2.45) is 0 Å². The Bertz CT molecular complexity index is 859. The fourth-order valence-electron chi connectivity index (χ4n) is 3.87. The van der Waals surface area contributed by atoms with Crippen molar-refractivity contribution in [2.45, 2.75) is 74.7 Å². The summed E-state index contributed by atoms with van der Waals surface area (Å²) in [5.74, 6) is -0.847. The zero-order chi connectivity index (χ0) is 25.1. The molecule has 2 atom stereocenters. The van der Waals surface area contributed by atoms with Crippen LogP contribution in [0.15, 0.2) is 12.1 Å². The van der Waals surface area contributed by atoms with E-state index >= 15 is 0 Å². The molecule has 0 aliphatic carbocycles. The van der Waals surface area contributed by atoms with Crippen molar-refractivity contribution in [3.63, 3.8) is 0 Å². The molecule has 1 N–H and O–H groups in total. The number of benzene rings is 1. The van der Waals surface area contributed by atoms with Crippen LogP contribution in [0.2, 0.25) is 0 Å². The predicted molar refractivity (Wildman–Crippen MR) is 159 cm³/mol. The Morgan fingerprint density at radius 2 is 1.70 bits per heavy atom. The van der Waals surface area contributed by atoms with E-state index in [1.54, 1.807) is 13.0 Å². The average molecular weight is 911 g/mol. The van der Waals surface area contributed by atoms with Crippen LogP contribution in [0.1, 0.15) is 57.8 Å². The van der Waals surface area contributed by atoms with Gasteiger partial charge in [-0.25, -0.2) is 4.79 Å². The minimum Gasteiger partial charge on any atom is -0.458 e. The van der Waals surface area contributed by atoms with Crippen LogP contribution in [0.4, 0.5) is 0 Å². The number of carbonyl (C=O) groups excluding carboxylic acids is 2. The van der Waals surface area contributed by atoms with Crippen LogP contribution in [0.5, 0.6) is 0 Å². The number of hydroxylamine groups is 2. The summed E-state index contributed by atoms with van der Waals surface area (Å²) in [5.41, 5.74) is -0.431. The molecule has 11 heteroatoms. The first-order chi connectivity index (χ1) is 15.1. The van der Waals surface area contributed by atoms with Gasteiger partial charge in [-0.05, 0) is 127 Å². The van der Waals surface area contributed by atoms with Gasteiger partial charge in [-0.2, -0.15) is 5.06 Å². The van der Waals surface area contributed by atoms with Crippen LogP contribution in [-0.2, 0) is 19.0 Å². The maximum atomic E-state index is 12.8. The van der Waals surface area contributed by atoms with E-state index < -0.39 is 23.2 Å². The molecule has 0 spiro atoms. The quantitative estimate of drug-likeness (QED) is 0.153. The second-order valence-corrected chi connectivity index (χ2v) is 14.7. The summed E-state index contributed by atoms with van der Waals surface area (Å²) in [6.45, 7) is 9.60. The Hall–Kier alpha value is 0.960. The van der Waals surface area contributed by atoms with Gasteiger partial charge in [0.05, 0.1) is 18.3 Å². The van der Waals surface area contributed by atoms with Crippen LogP contribution >= 0.6 is 90.4 Å². The zero-order valence-electron chi connectivity index (χ0n) is 19.2. The topological polar surface area (TPSA) is 85.3 Å². The van der Waals surface area contributed by atoms with Gasteiger partial charge in [0.25, 0.3) is 0 Å². The first kappa shape index (κ1) is 30.2. The smallest absolute Gasteiger partial charge is 0.339 e. The molecule has 0 radical (unpaired) electrons. The lowest BCUT2D eigenvalue weighted by Crippen LogP contribution is -2.60. The van der Waals surface area contributed by atoms with Gasteiger partial charge >= 0.3 is 11.9 Å². The highest BCUT2D eigenvalue weighted by molar-refractivity contribution is 14.1. The van der Waals surface area contributed by atoms with Crippen molar-refractivity contribution in [3.8, 4) is 0 Å². The highest BCUT2D eigenvalue weighted by Crippen LogP contribution is 2.38. The van der Waals surface area contributed by atoms with Gasteiger partial charge in [-0.3, -0.25) is 4.79 Å². The van der Waals surface area contributed by atoms with Gasteiger partial charge in [0.2, 0.25) is 0 Å². The van der Waals surface area contributed by atoms with Crippen LogP contribution in [0.3, 0.4) is 0 Å². The zero-order valence-corrected chi connectivity index (χ0v) is 27.8. The number of ether oxygens (including phenoxy) is 3. The van der Waals surface area contributed by atoms with Gasteiger partial charge in [0, 0.05) is 21.8 Å². The molecule has 2 unspecified atom stereocenters. The van der Waals surface area contributed by atoms with Gasteiger partial charge in [-0.1, -0.05) is 22.6 Å². The van der Waals surface area contributed by atoms with E-state index in [2.05, 4.69) is 67.8 Å². The molecule has 1 aliphatic heterocycles. The third-order valence-corrected chi connectivity index (χ3v) is 9.52. The second-order valence-electron chi connectivity index (χ2n) is 9.32. The maximum Gasteiger partial charge on any atom is 0.339 e. The number of esters is 2. The van der Waals surface area contributed by atoms with Crippen molar-refractivity contribution in [1.82, 2.24) is 5.06 Å². The van der Waals surface area contributed by atoms with Crippen LogP contribution in [0, 0.1) is 10.7 Å². The number of alkyl halides is 1. The molecule has 33 heavy (non-hydrogen) atoms. The fourth-order valence-corrected chi connectivity index (χ4v) is 6.39. The van der Waals surface area contributed by atoms with Crippen molar-refractivity contribution in [3.05, 3.63) is 28.4 Å². The molecular weight excluding hydrogens is 882 g/mol. The first-order valence-electron chi connectivity index (χ1n) is 10.4. The minimum absolute atomic E-state index is 0.0995. The number of carbonyl (C=O) groups is 2. The lowest BCUT2D eigenvalue weighted by atomic mass is 9.80. The summed E-state index contributed by atoms with van der Waals surface area (Å²) >= 11 is 8.47. The summed E-state index contributed by atoms with van der Waals surface area (Å²) in [5, 5.41) is 11.9. The van der Waals surface area contributed by atoms with Gasteiger partial charge in [-0.15, -0.1) is 0 Å². The molecule has 0 aromatic heterocycles. The number of nitrogens with zero attached hydrogens (tertiary/aromatic N) is 1. The highest BCUT2D eigenvalue weighted by atomic mass is 127. The largest absolute Gasteiger partial charge is 0.458 e. The molecule has 1 heterocycles. The Kier molecular flexibility index (Phi) is 11.4. The van der Waals surface area contributed by atoms with Crippen LogP contribution in [0.25, 0.3) is 0 Å². The summed E-state index contributed by atoms with van der Waals surface area (Å²) in [6.07, 6.45) is 0.381. The number of piperidine rings is 1. The Morgan fingerprint density at radius 3 is 2.24 bits per heavy atom. The molecule has 186 valence electrons. The van der Waals surface area contributed by atoms with E-state index in [-0.39, 0.29) is 29.2 Å². The van der Waals surface area contributed by atoms with Crippen molar-refractivity contribution in [1.29, 1.82) is 0 Å². The highest BCUT2D eigenvalue weighted by Gasteiger charge is 2.45. The van der Waals surface area contributed by atoms with Crippen molar-refractivity contribution >= 4 is 102 Å². The van der Waals surface area contributed by atoms with Gasteiger partial charge in [0.1, 0.15) is 10.5 Å². The molecular formula is C22H29I4NO6. The molecule has 0 amide bonds. The van der Waals surface area contributed by atoms with E-state index in [1.807, 2.05) is 56.4 Å². The molecule has 2 rings (SSSR count). The Balaban J connectivity index is 2.08. The first-order valence-corrected chi connectivity index (χ1v) is 14.9. The molecule has 1 fully saturated rings. The summed E-state index contributed by atoms with van der Waals surface area (Å²) in [6, 6.07) is 3.77. The molecule has 7 nitrogen and oxygen atoms in total. The predicted octanol–water partition coefficient (Wildman–Crippen LogP) is 5.82. The normalized spacial score (nSPS) is 20.2. The molecule has 1 aromatic rings.